The maximum absolute atomic E-state index is 7.37. The summed E-state index contributed by atoms with van der Waals surface area (Å²) in [6.07, 6.45) is 8.09. The van der Waals surface area contributed by atoms with Gasteiger partial charge in [-0.2, -0.15) is 0 Å². The molecule has 32 heavy (non-hydrogen) atoms. The van der Waals surface area contributed by atoms with Crippen molar-refractivity contribution in [2.75, 3.05) is 26.2 Å². The highest BCUT2D eigenvalue weighted by atomic mass is 35.5. The molecule has 9 heteroatoms. The lowest BCUT2D eigenvalue weighted by atomic mass is 9.79. The lowest BCUT2D eigenvalue weighted by Crippen LogP contribution is -2.46. The summed E-state index contributed by atoms with van der Waals surface area (Å²) in [4.78, 5) is 6.68. The zero-order chi connectivity index (χ0) is 22.6. The number of hydrogen-bond acceptors (Lipinski definition) is 6. The van der Waals surface area contributed by atoms with E-state index in [0.717, 1.165) is 56.2 Å². The highest BCUT2D eigenvalue weighted by Crippen LogP contribution is 2.42. The average Bonchev–Trinajstić information content (AvgIpc) is 3.22. The fourth-order valence-electron chi connectivity index (χ4n) is 4.40. The van der Waals surface area contributed by atoms with Crippen molar-refractivity contribution in [1.29, 1.82) is 5.41 Å². The highest BCUT2D eigenvalue weighted by molar-refractivity contribution is 6.30. The number of ether oxygens (including phenoxy) is 1. The van der Waals surface area contributed by atoms with Crippen LogP contribution in [0, 0.1) is 5.41 Å². The first-order valence-electron chi connectivity index (χ1n) is 11.0. The van der Waals surface area contributed by atoms with Crippen LogP contribution in [0.1, 0.15) is 36.6 Å². The molecule has 0 saturated carbocycles. The number of hydrogen-bond donors (Lipinski definition) is 2. The number of nitrogens with two attached hydrogens (primary N) is 1. The second-order valence-corrected chi connectivity index (χ2v) is 8.90. The Balaban J connectivity index is 1.30. The van der Waals surface area contributed by atoms with Crippen molar-refractivity contribution in [3.63, 3.8) is 0 Å². The van der Waals surface area contributed by atoms with Crippen molar-refractivity contribution in [1.82, 2.24) is 19.9 Å². The molecule has 0 aliphatic carbocycles. The van der Waals surface area contributed by atoms with Gasteiger partial charge in [0.25, 0.3) is 0 Å². The fourth-order valence-corrected chi connectivity index (χ4v) is 4.58. The van der Waals surface area contributed by atoms with E-state index in [1.165, 1.54) is 11.1 Å². The summed E-state index contributed by atoms with van der Waals surface area (Å²) in [6, 6.07) is 6.22. The van der Waals surface area contributed by atoms with Crippen LogP contribution in [-0.2, 0) is 29.8 Å². The van der Waals surface area contributed by atoms with Gasteiger partial charge >= 0.3 is 0 Å². The third-order valence-corrected chi connectivity index (χ3v) is 6.31. The molecule has 0 amide bonds. The molecule has 1 spiro atoms. The number of fused-ring (bicyclic) bond motifs is 2. The number of likely N-dealkylation sites (tertiary alicyclic amines) is 1. The second kappa shape index (κ2) is 9.94. The van der Waals surface area contributed by atoms with Crippen molar-refractivity contribution in [2.45, 2.75) is 44.9 Å². The minimum atomic E-state index is -0.213. The summed E-state index contributed by atoms with van der Waals surface area (Å²) in [5.74, 6) is 0.409. The Bertz CT molecular complexity index is 1020. The summed E-state index contributed by atoms with van der Waals surface area (Å²) in [7, 11) is 0. The second-order valence-electron chi connectivity index (χ2n) is 8.47. The first-order chi connectivity index (χ1) is 15.4. The lowest BCUT2D eigenvalue weighted by molar-refractivity contribution is -0.0990. The summed E-state index contributed by atoms with van der Waals surface area (Å²) in [6.45, 7) is 6.25. The van der Waals surface area contributed by atoms with Crippen LogP contribution < -0.4 is 5.73 Å². The minimum absolute atomic E-state index is 0.213. The van der Waals surface area contributed by atoms with Gasteiger partial charge in [-0.15, -0.1) is 5.10 Å². The quantitative estimate of drug-likeness (QED) is 0.493. The average molecular weight is 456 g/mol. The molecule has 1 aromatic heterocycles. The van der Waals surface area contributed by atoms with Crippen LogP contribution in [0.15, 0.2) is 41.5 Å². The molecule has 170 valence electrons. The molecule has 2 aliphatic heterocycles. The summed E-state index contributed by atoms with van der Waals surface area (Å²) < 4.78 is 8.13. The van der Waals surface area contributed by atoms with Gasteiger partial charge in [0.1, 0.15) is 5.84 Å². The predicted octanol–water partition coefficient (Wildman–Crippen LogP) is 2.95. The van der Waals surface area contributed by atoms with Gasteiger partial charge in [-0.25, -0.2) is 0 Å². The summed E-state index contributed by atoms with van der Waals surface area (Å²) >= 11 is 6.29. The molecule has 4 rings (SSSR count). The number of allylic oxidation sites excluding steroid dienone is 1. The SMILES string of the molecule is CC(=N)/C=C\C(N)=NCCn1cc(CN2CCC3(CC2)OCCc2ccc(Cl)cc23)nn1. The van der Waals surface area contributed by atoms with E-state index >= 15 is 0 Å². The standard InChI is InChI=1S/C23H30ClN7O/c1-17(25)2-5-22(26)27-9-12-31-16-20(28-29-31)15-30-10-7-23(8-11-30)21-14-19(24)4-3-18(21)6-13-32-23/h2-5,14,16,25H,6-13,15H2,1H3,(H2,26,27)/b5-2-,25-17?. The Morgan fingerprint density at radius 1 is 1.34 bits per heavy atom. The van der Waals surface area contributed by atoms with Crippen LogP contribution in [-0.4, -0.2) is 57.7 Å². The number of aromatic nitrogens is 3. The molecule has 1 aromatic carbocycles. The zero-order valence-electron chi connectivity index (χ0n) is 18.4. The molecule has 1 fully saturated rings. The van der Waals surface area contributed by atoms with Gasteiger partial charge < -0.3 is 15.9 Å². The molecule has 0 bridgehead atoms. The van der Waals surface area contributed by atoms with Gasteiger partial charge in [0.15, 0.2) is 0 Å². The van der Waals surface area contributed by atoms with Gasteiger partial charge in [-0.3, -0.25) is 14.6 Å². The molecule has 0 unspecified atom stereocenters. The first kappa shape index (κ1) is 22.6. The molecule has 3 N–H and O–H groups in total. The molecule has 8 nitrogen and oxygen atoms in total. The molecule has 0 atom stereocenters. The predicted molar refractivity (Wildman–Crippen MR) is 126 cm³/mol. The summed E-state index contributed by atoms with van der Waals surface area (Å²) in [5, 5.41) is 16.7. The Hall–Kier alpha value is -2.55. The summed E-state index contributed by atoms with van der Waals surface area (Å²) in [5.41, 5.74) is 9.62. The maximum atomic E-state index is 7.37. The molecular weight excluding hydrogens is 426 g/mol. The fraction of sp³-hybridized carbons (Fsp3) is 0.478. The van der Waals surface area contributed by atoms with Crippen molar-refractivity contribution >= 4 is 23.1 Å². The number of nitrogens with one attached hydrogen (secondary N) is 1. The smallest absolute Gasteiger partial charge is 0.118 e. The van der Waals surface area contributed by atoms with Crippen LogP contribution >= 0.6 is 11.6 Å². The number of piperidine rings is 1. The van der Waals surface area contributed by atoms with E-state index in [-0.39, 0.29) is 5.60 Å². The van der Waals surface area contributed by atoms with E-state index in [2.05, 4.69) is 32.3 Å². The molecule has 2 aromatic rings. The van der Waals surface area contributed by atoms with Crippen LogP contribution in [0.5, 0.6) is 0 Å². The minimum Gasteiger partial charge on any atom is -0.384 e. The van der Waals surface area contributed by atoms with Crippen molar-refractivity contribution in [3.8, 4) is 0 Å². The maximum Gasteiger partial charge on any atom is 0.118 e. The highest BCUT2D eigenvalue weighted by Gasteiger charge is 2.40. The van der Waals surface area contributed by atoms with Crippen LogP contribution in [0.2, 0.25) is 5.02 Å². The van der Waals surface area contributed by atoms with Crippen molar-refractivity contribution in [3.05, 3.63) is 58.4 Å². The van der Waals surface area contributed by atoms with Crippen LogP contribution in [0.4, 0.5) is 0 Å². The molecule has 3 heterocycles. The van der Waals surface area contributed by atoms with E-state index in [1.54, 1.807) is 23.8 Å². The van der Waals surface area contributed by atoms with Crippen LogP contribution in [0.3, 0.4) is 0 Å². The largest absolute Gasteiger partial charge is 0.384 e. The number of nitrogens with zero attached hydrogens (tertiary/aromatic N) is 5. The molecule has 2 aliphatic rings. The first-order valence-corrected chi connectivity index (χ1v) is 11.4. The third kappa shape index (κ3) is 5.43. The molecular formula is C23H30ClN7O. The number of benzene rings is 1. The Kier molecular flexibility index (Phi) is 7.03. The van der Waals surface area contributed by atoms with Crippen molar-refractivity contribution in [2.24, 2.45) is 10.7 Å². The Morgan fingerprint density at radius 2 is 2.16 bits per heavy atom. The lowest BCUT2D eigenvalue weighted by Gasteiger charge is -2.45. The van der Waals surface area contributed by atoms with Gasteiger partial charge in [-0.05, 0) is 61.6 Å². The van der Waals surface area contributed by atoms with E-state index in [9.17, 15) is 0 Å². The normalized spacial score (nSPS) is 18.9. The van der Waals surface area contributed by atoms with Crippen LogP contribution in [0.25, 0.3) is 0 Å². The zero-order valence-corrected chi connectivity index (χ0v) is 19.2. The van der Waals surface area contributed by atoms with E-state index in [1.807, 2.05) is 12.3 Å². The Morgan fingerprint density at radius 3 is 2.94 bits per heavy atom. The Labute approximate surface area is 193 Å². The number of rotatable bonds is 7. The van der Waals surface area contributed by atoms with Gasteiger partial charge in [0.2, 0.25) is 0 Å². The number of halogens is 1. The third-order valence-electron chi connectivity index (χ3n) is 6.08. The van der Waals surface area contributed by atoms with Gasteiger partial charge in [-0.1, -0.05) is 22.9 Å². The van der Waals surface area contributed by atoms with E-state index < -0.39 is 0 Å². The van der Waals surface area contributed by atoms with Gasteiger partial charge in [0, 0.05) is 36.6 Å². The molecule has 1 saturated heterocycles. The monoisotopic (exact) mass is 455 g/mol. The molecule has 0 radical (unpaired) electrons. The van der Waals surface area contributed by atoms with Gasteiger partial charge in [0.05, 0.1) is 31.0 Å². The van der Waals surface area contributed by atoms with E-state index in [0.29, 0.717) is 24.6 Å². The van der Waals surface area contributed by atoms with Crippen molar-refractivity contribution < 1.29 is 4.74 Å². The number of amidine groups is 1. The van der Waals surface area contributed by atoms with E-state index in [4.69, 9.17) is 27.5 Å². The number of aliphatic imine (C=N–C) groups is 1. The topological polar surface area (TPSA) is 105 Å².